The number of fused-ring (bicyclic) bond motifs is 4. The third kappa shape index (κ3) is 8.09. The number of anilines is 1. The molecule has 8 nitrogen and oxygen atoms in total. The molecular formula is C38H53ClN2O6SSi. The summed E-state index contributed by atoms with van der Waals surface area (Å²) in [5.41, 5.74) is 2.99. The molecule has 2 aromatic rings. The number of benzene rings is 2. The zero-order valence-electron chi connectivity index (χ0n) is 29.7. The van der Waals surface area contributed by atoms with E-state index in [0.29, 0.717) is 43.8 Å². The Balaban J connectivity index is 1.37. The van der Waals surface area contributed by atoms with Gasteiger partial charge in [0.1, 0.15) is 5.75 Å². The quantitative estimate of drug-likeness (QED) is 0.191. The predicted molar refractivity (Wildman–Crippen MR) is 198 cm³/mol. The zero-order chi connectivity index (χ0) is 35.0. The lowest BCUT2D eigenvalue weighted by Gasteiger charge is -2.46. The van der Waals surface area contributed by atoms with Crippen LogP contribution in [0.25, 0.3) is 0 Å². The highest BCUT2D eigenvalue weighted by atomic mass is 35.5. The number of carbonyl (C=O) groups is 1. The largest absolute Gasteiger partial charge is 0.490 e. The lowest BCUT2D eigenvalue weighted by atomic mass is 9.68. The van der Waals surface area contributed by atoms with Crippen LogP contribution in [0.2, 0.25) is 30.7 Å². The van der Waals surface area contributed by atoms with Crippen molar-refractivity contribution in [1.82, 2.24) is 4.72 Å². The van der Waals surface area contributed by atoms with Gasteiger partial charge in [-0.3, -0.25) is 4.79 Å². The highest BCUT2D eigenvalue weighted by Gasteiger charge is 2.44. The molecule has 1 saturated carbocycles. The van der Waals surface area contributed by atoms with Gasteiger partial charge in [0.05, 0.1) is 35.8 Å². The number of sulfonamides is 1. The lowest BCUT2D eigenvalue weighted by Crippen LogP contribution is -2.49. The number of halogens is 1. The van der Waals surface area contributed by atoms with Gasteiger partial charge in [-0.05, 0) is 104 Å². The fourth-order valence-electron chi connectivity index (χ4n) is 8.14. The van der Waals surface area contributed by atoms with Crippen molar-refractivity contribution in [3.63, 3.8) is 0 Å². The molecule has 1 spiro atoms. The number of hydrogen-bond donors (Lipinski definition) is 1. The smallest absolute Gasteiger partial charge is 0.264 e. The van der Waals surface area contributed by atoms with Crippen LogP contribution >= 0.6 is 11.6 Å². The van der Waals surface area contributed by atoms with Crippen molar-refractivity contribution in [2.45, 2.75) is 87.5 Å². The number of aryl methyl sites for hydroxylation is 1. The Hall–Kier alpha value is -2.37. The van der Waals surface area contributed by atoms with Crippen molar-refractivity contribution >= 4 is 41.3 Å². The van der Waals surface area contributed by atoms with Crippen LogP contribution in [0.5, 0.6) is 5.75 Å². The molecule has 1 N–H and O–H groups in total. The molecule has 268 valence electrons. The van der Waals surface area contributed by atoms with E-state index in [1.54, 1.807) is 25.3 Å². The summed E-state index contributed by atoms with van der Waals surface area (Å²) >= 11 is 6.44. The van der Waals surface area contributed by atoms with Gasteiger partial charge in [0.15, 0.2) is 0 Å². The second-order valence-corrected chi connectivity index (χ2v) is 23.8. The molecule has 0 unspecified atom stereocenters. The molecule has 0 saturated heterocycles. The molecule has 6 atom stereocenters. The summed E-state index contributed by atoms with van der Waals surface area (Å²) in [6, 6.07) is 12.2. The number of carbonyl (C=O) groups excluding carboxylic acids is 1. The maximum absolute atomic E-state index is 13.9. The van der Waals surface area contributed by atoms with E-state index in [9.17, 15) is 13.2 Å². The summed E-state index contributed by atoms with van der Waals surface area (Å²) in [5, 5.41) is 0.737. The monoisotopic (exact) mass is 728 g/mol. The van der Waals surface area contributed by atoms with E-state index in [2.05, 4.69) is 53.5 Å². The average molecular weight is 729 g/mol. The summed E-state index contributed by atoms with van der Waals surface area (Å²) in [6.07, 6.45) is 9.93. The van der Waals surface area contributed by atoms with Gasteiger partial charge in [-0.15, -0.1) is 0 Å². The topological polar surface area (TPSA) is 94.2 Å². The standard InChI is InChI=1S/C38H53ClN2O6SSi/c1-26-8-6-10-35(45-2)31-14-11-28(31)22-41-24-38(17-7-9-27-20-29(39)12-15-33(27)38)25-47-36-16-13-30(21-34(36)41)48(43,44)40-37(42)32(26)23-46-18-19-49(3,4)5/h6,10,12-13,15-16,20-21,26,28,31-32,35H,7-9,11,14,17-19,22-25H2,1-5H3,(H,40,42)/b10-6+/t26-,28-,31+,32+,35+,38-/m0/s1. The van der Waals surface area contributed by atoms with E-state index in [0.717, 1.165) is 55.4 Å². The highest BCUT2D eigenvalue weighted by molar-refractivity contribution is 7.90. The van der Waals surface area contributed by atoms with Crippen LogP contribution < -0.4 is 14.4 Å². The molecule has 2 heterocycles. The lowest BCUT2D eigenvalue weighted by molar-refractivity contribution is -0.126. The first-order valence-corrected chi connectivity index (χ1v) is 23.5. The van der Waals surface area contributed by atoms with Gasteiger partial charge < -0.3 is 19.1 Å². The number of nitrogens with zero attached hydrogens (tertiary/aromatic N) is 1. The van der Waals surface area contributed by atoms with Crippen molar-refractivity contribution in [3.05, 3.63) is 64.7 Å². The predicted octanol–water partition coefficient (Wildman–Crippen LogP) is 7.23. The first-order chi connectivity index (χ1) is 23.3. The van der Waals surface area contributed by atoms with Crippen LogP contribution in [-0.2, 0) is 36.1 Å². The van der Waals surface area contributed by atoms with Gasteiger partial charge in [-0.25, -0.2) is 13.1 Å². The number of allylic oxidation sites excluding steroid dienone is 1. The zero-order valence-corrected chi connectivity index (χ0v) is 32.2. The molecular weight excluding hydrogens is 676 g/mol. The molecule has 6 rings (SSSR count). The molecule has 2 bridgehead atoms. The molecule has 11 heteroatoms. The Kier molecular flexibility index (Phi) is 10.9. The minimum Gasteiger partial charge on any atom is -0.490 e. The van der Waals surface area contributed by atoms with E-state index < -0.39 is 29.9 Å². The van der Waals surface area contributed by atoms with Crippen molar-refractivity contribution in [2.75, 3.05) is 44.9 Å². The Morgan fingerprint density at radius 3 is 2.69 bits per heavy atom. The van der Waals surface area contributed by atoms with Gasteiger partial charge in [0, 0.05) is 45.3 Å². The molecule has 0 aromatic heterocycles. The maximum atomic E-state index is 13.9. The van der Waals surface area contributed by atoms with E-state index in [-0.39, 0.29) is 28.9 Å². The van der Waals surface area contributed by atoms with Gasteiger partial charge in [-0.1, -0.05) is 56.4 Å². The van der Waals surface area contributed by atoms with Crippen molar-refractivity contribution in [3.8, 4) is 5.75 Å². The molecule has 2 aromatic carbocycles. The van der Waals surface area contributed by atoms with Crippen LogP contribution in [0, 0.1) is 23.7 Å². The Morgan fingerprint density at radius 2 is 1.96 bits per heavy atom. The van der Waals surface area contributed by atoms with Gasteiger partial charge >= 0.3 is 0 Å². The van der Waals surface area contributed by atoms with E-state index in [1.807, 2.05) is 13.0 Å². The normalized spacial score (nSPS) is 30.6. The number of ether oxygens (including phenoxy) is 3. The van der Waals surface area contributed by atoms with Crippen LogP contribution in [0.3, 0.4) is 0 Å². The Bertz CT molecular complexity index is 1660. The molecule has 2 aliphatic carbocycles. The minimum atomic E-state index is -4.18. The van der Waals surface area contributed by atoms with E-state index >= 15 is 0 Å². The summed E-state index contributed by atoms with van der Waals surface area (Å²) in [6.45, 7) is 11.5. The molecule has 49 heavy (non-hydrogen) atoms. The second kappa shape index (κ2) is 14.7. The third-order valence-electron chi connectivity index (χ3n) is 11.3. The van der Waals surface area contributed by atoms with Crippen molar-refractivity contribution in [2.24, 2.45) is 23.7 Å². The van der Waals surface area contributed by atoms with E-state index in [1.165, 1.54) is 11.1 Å². The minimum absolute atomic E-state index is 0.0416. The van der Waals surface area contributed by atoms with Crippen molar-refractivity contribution in [1.29, 1.82) is 0 Å². The Labute approximate surface area is 299 Å². The highest BCUT2D eigenvalue weighted by Crippen LogP contribution is 2.47. The van der Waals surface area contributed by atoms with Crippen LogP contribution in [0.15, 0.2) is 53.4 Å². The summed E-state index contributed by atoms with van der Waals surface area (Å²) in [4.78, 5) is 16.2. The number of nitrogens with one attached hydrogen (secondary N) is 1. The molecule has 4 aliphatic rings. The molecule has 1 amide bonds. The number of rotatable bonds is 6. The van der Waals surface area contributed by atoms with Crippen LogP contribution in [0.4, 0.5) is 5.69 Å². The Morgan fingerprint density at radius 1 is 1.14 bits per heavy atom. The first kappa shape index (κ1) is 36.4. The summed E-state index contributed by atoms with van der Waals surface area (Å²) in [7, 11) is -3.73. The third-order valence-corrected chi connectivity index (χ3v) is 14.6. The van der Waals surface area contributed by atoms with E-state index in [4.69, 9.17) is 25.8 Å². The fraction of sp³-hybridized carbons (Fsp3) is 0.605. The van der Waals surface area contributed by atoms with Gasteiger partial charge in [0.25, 0.3) is 10.0 Å². The molecule has 1 fully saturated rings. The van der Waals surface area contributed by atoms with Gasteiger partial charge in [-0.2, -0.15) is 0 Å². The molecule has 0 radical (unpaired) electrons. The van der Waals surface area contributed by atoms with Crippen LogP contribution in [0.1, 0.15) is 50.2 Å². The SMILES string of the molecule is CO[C@@H]1/C=C/C[C@H](C)[C@@H](COCC[Si](C)(C)C)C(=O)NS(=O)(=O)c2ccc3c(c2)N(C[C@@H]2CC[C@H]21)C[C@@]1(CCCc2cc(Cl)ccc21)CO3. The van der Waals surface area contributed by atoms with Gasteiger partial charge in [0.2, 0.25) is 5.91 Å². The van der Waals surface area contributed by atoms with Crippen LogP contribution in [-0.4, -0.2) is 68.5 Å². The number of hydrogen-bond acceptors (Lipinski definition) is 7. The van der Waals surface area contributed by atoms with Crippen molar-refractivity contribution < 1.29 is 27.4 Å². The first-order valence-electron chi connectivity index (χ1n) is 17.9. The summed E-state index contributed by atoms with van der Waals surface area (Å²) < 4.78 is 49.0. The fourth-order valence-corrected chi connectivity index (χ4v) is 10.1. The number of amides is 1. The maximum Gasteiger partial charge on any atom is 0.264 e. The molecule has 2 aliphatic heterocycles. The summed E-state index contributed by atoms with van der Waals surface area (Å²) in [5.74, 6) is 0.0479. The number of methoxy groups -OCH3 is 1. The second-order valence-electron chi connectivity index (χ2n) is 16.0. The average Bonchev–Trinajstić information content (AvgIpc) is 3.18.